The number of hydrogen-bond acceptors (Lipinski definition) is 7. The molecule has 2 N–H and O–H groups in total. The number of rotatable bonds is 3. The van der Waals surface area contributed by atoms with Crippen molar-refractivity contribution in [1.82, 2.24) is 24.8 Å². The molecule has 0 saturated carbocycles. The monoisotopic (exact) mass is 552 g/mol. The van der Waals surface area contributed by atoms with Crippen LogP contribution in [0.25, 0.3) is 10.8 Å². The van der Waals surface area contributed by atoms with Crippen molar-refractivity contribution in [1.29, 1.82) is 0 Å². The van der Waals surface area contributed by atoms with Crippen LogP contribution in [0.2, 0.25) is 0 Å². The molecule has 0 aliphatic carbocycles. The zero-order valence-electron chi connectivity index (χ0n) is 20.7. The number of halogens is 2. The van der Waals surface area contributed by atoms with E-state index in [9.17, 15) is 22.1 Å². The van der Waals surface area contributed by atoms with Gasteiger partial charge < -0.3 is 5.32 Å². The molecule has 200 valence electrons. The highest BCUT2D eigenvalue weighted by molar-refractivity contribution is 7.85. The molecule has 0 fully saturated rings. The smallest absolute Gasteiger partial charge is 0.305 e. The second-order valence-corrected chi connectivity index (χ2v) is 10.4. The molecule has 0 radical (unpaired) electrons. The number of benzene rings is 3. The predicted molar refractivity (Wildman–Crippen MR) is 139 cm³/mol. The minimum Gasteiger partial charge on any atom is -0.377 e. The zero-order chi connectivity index (χ0) is 27.9. The van der Waals surface area contributed by atoms with Crippen LogP contribution < -0.4 is 10.9 Å². The van der Waals surface area contributed by atoms with Crippen LogP contribution >= 0.6 is 0 Å². The van der Waals surface area contributed by atoms with Gasteiger partial charge >= 0.3 is 5.56 Å². The summed E-state index contributed by atoms with van der Waals surface area (Å²) in [5.74, 6) is -0.352. The van der Waals surface area contributed by atoms with Gasteiger partial charge in [0.1, 0.15) is 18.0 Å². The molecular formula is C26H22F2N6O4S. The summed E-state index contributed by atoms with van der Waals surface area (Å²) in [6, 6.07) is 16.7. The molecule has 3 aromatic carbocycles. The Hall–Kier alpha value is -4.49. The summed E-state index contributed by atoms with van der Waals surface area (Å²) in [5.41, 5.74) is 1.94. The van der Waals surface area contributed by atoms with Crippen molar-refractivity contribution in [2.24, 2.45) is 7.05 Å². The lowest BCUT2D eigenvalue weighted by atomic mass is 9.83. The third-order valence-corrected chi connectivity index (χ3v) is 7.29. The van der Waals surface area contributed by atoms with Gasteiger partial charge in [0.2, 0.25) is 0 Å². The first-order valence-electron chi connectivity index (χ1n) is 11.7. The molecule has 3 heterocycles. The summed E-state index contributed by atoms with van der Waals surface area (Å²) in [7, 11) is -2.29. The Morgan fingerprint density at radius 3 is 2.33 bits per heavy atom. The summed E-state index contributed by atoms with van der Waals surface area (Å²) in [5, 5.41) is 12.2. The molecule has 39 heavy (non-hydrogen) atoms. The standard InChI is InChI=1S/C19H14F2N6O.C7H8O3S/c1-26-18(22-9-23-26)15-16(10-5-7-11(20)8-6-10)24-13-4-2-3-12-14(13)17(15)25-27(21)19(12)28;1-6-2-4-7(5-3-6)11(8,9)10/h2-9,15-16,24H,1H3;2-5H,1H3,(H,8,9,10). The van der Waals surface area contributed by atoms with E-state index in [4.69, 9.17) is 4.55 Å². The number of aromatic nitrogens is 5. The van der Waals surface area contributed by atoms with Crippen LogP contribution in [-0.2, 0) is 17.2 Å². The minimum atomic E-state index is -4.02. The van der Waals surface area contributed by atoms with Gasteiger partial charge in [-0.25, -0.2) is 9.37 Å². The van der Waals surface area contributed by atoms with E-state index in [1.165, 1.54) is 30.6 Å². The van der Waals surface area contributed by atoms with Gasteiger partial charge in [-0.05, 0) is 48.9 Å². The predicted octanol–water partition coefficient (Wildman–Crippen LogP) is 3.94. The second kappa shape index (κ2) is 10.0. The van der Waals surface area contributed by atoms with E-state index in [-0.39, 0.29) is 21.0 Å². The SMILES string of the molecule is Cc1ccc(S(=O)(=O)O)cc1.Cn1ncnc1C1c2nn(F)c(=O)c3cccc(c23)NC1c1ccc(F)cc1. The van der Waals surface area contributed by atoms with Crippen molar-refractivity contribution in [3.05, 3.63) is 112 Å². The second-order valence-electron chi connectivity index (χ2n) is 8.96. The molecule has 13 heteroatoms. The molecule has 5 aromatic rings. The van der Waals surface area contributed by atoms with E-state index in [0.717, 1.165) is 11.1 Å². The molecule has 2 atom stereocenters. The van der Waals surface area contributed by atoms with Gasteiger partial charge in [0.25, 0.3) is 10.1 Å². The fraction of sp³-hybridized carbons (Fsp3) is 0.154. The topological polar surface area (TPSA) is 132 Å². The Bertz CT molecular complexity index is 1840. The normalized spacial score (nSPS) is 16.3. The van der Waals surface area contributed by atoms with E-state index < -0.39 is 27.6 Å². The van der Waals surface area contributed by atoms with Crippen molar-refractivity contribution < 1.29 is 21.8 Å². The minimum absolute atomic E-state index is 0.0666. The maximum absolute atomic E-state index is 14.3. The third kappa shape index (κ3) is 5.01. The average molecular weight is 553 g/mol. The fourth-order valence-corrected chi connectivity index (χ4v) is 5.04. The van der Waals surface area contributed by atoms with E-state index in [2.05, 4.69) is 20.5 Å². The highest BCUT2D eigenvalue weighted by Crippen LogP contribution is 2.45. The summed E-state index contributed by atoms with van der Waals surface area (Å²) in [4.78, 5) is 16.4. The number of aryl methyl sites for hydroxylation is 2. The van der Waals surface area contributed by atoms with Crippen LogP contribution in [-0.4, -0.2) is 37.7 Å². The van der Waals surface area contributed by atoms with Gasteiger partial charge in [-0.15, -0.1) is 5.10 Å². The fourth-order valence-electron chi connectivity index (χ4n) is 4.56. The lowest BCUT2D eigenvalue weighted by Crippen LogP contribution is -2.31. The van der Waals surface area contributed by atoms with Gasteiger partial charge in [-0.2, -0.15) is 13.5 Å². The number of nitrogens with zero attached hydrogens (tertiary/aromatic N) is 5. The molecule has 1 aliphatic heterocycles. The van der Waals surface area contributed by atoms with Crippen molar-refractivity contribution >= 4 is 26.6 Å². The quantitative estimate of drug-likeness (QED) is 0.322. The van der Waals surface area contributed by atoms with Gasteiger partial charge in [-0.3, -0.25) is 14.0 Å². The first kappa shape index (κ1) is 26.1. The maximum Gasteiger partial charge on any atom is 0.305 e. The summed E-state index contributed by atoms with van der Waals surface area (Å²) in [6.07, 6.45) is 1.40. The largest absolute Gasteiger partial charge is 0.377 e. The van der Waals surface area contributed by atoms with E-state index >= 15 is 0 Å². The molecule has 2 unspecified atom stereocenters. The summed E-state index contributed by atoms with van der Waals surface area (Å²) in [6.45, 7) is 1.84. The molecule has 1 aliphatic rings. The number of anilines is 1. The molecule has 6 rings (SSSR count). The van der Waals surface area contributed by atoms with Crippen molar-refractivity contribution in [2.75, 3.05) is 5.32 Å². The van der Waals surface area contributed by atoms with E-state index in [0.29, 0.717) is 22.6 Å². The molecule has 0 spiro atoms. The van der Waals surface area contributed by atoms with Crippen LogP contribution in [0.15, 0.2) is 82.7 Å². The van der Waals surface area contributed by atoms with Gasteiger partial charge in [-0.1, -0.05) is 45.3 Å². The first-order chi connectivity index (χ1) is 18.5. The average Bonchev–Trinajstić information content (AvgIpc) is 3.32. The third-order valence-electron chi connectivity index (χ3n) is 6.43. The molecule has 0 bridgehead atoms. The maximum atomic E-state index is 14.3. The van der Waals surface area contributed by atoms with Gasteiger partial charge in [0.05, 0.1) is 27.9 Å². The van der Waals surface area contributed by atoms with Gasteiger partial charge in [0.15, 0.2) is 0 Å². The Balaban J connectivity index is 0.000000237. The van der Waals surface area contributed by atoms with Gasteiger partial charge in [0, 0.05) is 18.1 Å². The molecular weight excluding hydrogens is 530 g/mol. The lowest BCUT2D eigenvalue weighted by Gasteiger charge is -2.33. The van der Waals surface area contributed by atoms with E-state index in [1.54, 1.807) is 54.2 Å². The van der Waals surface area contributed by atoms with Crippen LogP contribution in [0.1, 0.15) is 34.6 Å². The van der Waals surface area contributed by atoms with Crippen LogP contribution in [0.5, 0.6) is 0 Å². The highest BCUT2D eigenvalue weighted by atomic mass is 32.2. The van der Waals surface area contributed by atoms with Crippen molar-refractivity contribution in [2.45, 2.75) is 23.8 Å². The number of hydrogen-bond donors (Lipinski definition) is 2. The highest BCUT2D eigenvalue weighted by Gasteiger charge is 2.38. The van der Waals surface area contributed by atoms with Crippen molar-refractivity contribution in [3.63, 3.8) is 0 Å². The Kier molecular flexibility index (Phi) is 6.70. The molecule has 10 nitrogen and oxygen atoms in total. The molecule has 0 amide bonds. The zero-order valence-corrected chi connectivity index (χ0v) is 21.5. The van der Waals surface area contributed by atoms with Crippen LogP contribution in [0.4, 0.5) is 14.6 Å². The Labute approximate surface area is 221 Å². The first-order valence-corrected chi connectivity index (χ1v) is 13.1. The van der Waals surface area contributed by atoms with Crippen LogP contribution in [0.3, 0.4) is 0 Å². The number of nitrogens with one attached hydrogen (secondary N) is 1. The van der Waals surface area contributed by atoms with E-state index in [1.807, 2.05) is 6.92 Å². The summed E-state index contributed by atoms with van der Waals surface area (Å²) >= 11 is 0. The van der Waals surface area contributed by atoms with Crippen LogP contribution in [0, 0.1) is 12.7 Å². The molecule has 2 aromatic heterocycles. The van der Waals surface area contributed by atoms with Crippen molar-refractivity contribution in [3.8, 4) is 0 Å². The Morgan fingerprint density at radius 1 is 1.03 bits per heavy atom. The summed E-state index contributed by atoms with van der Waals surface area (Å²) < 4.78 is 58.9. The Morgan fingerprint density at radius 2 is 1.72 bits per heavy atom. The molecule has 0 saturated heterocycles. The lowest BCUT2D eigenvalue weighted by molar-refractivity contribution is 0.291.